The van der Waals surface area contributed by atoms with E-state index in [9.17, 15) is 14.4 Å². The number of nitrogens with one attached hydrogen (secondary N) is 1. The number of anilines is 2. The van der Waals surface area contributed by atoms with Crippen molar-refractivity contribution in [1.29, 1.82) is 0 Å². The highest BCUT2D eigenvalue weighted by Crippen LogP contribution is 2.36. The lowest BCUT2D eigenvalue weighted by Crippen LogP contribution is -2.35. The number of carbonyl (C=O) groups excluding carboxylic acids is 3. The second kappa shape index (κ2) is 7.15. The minimum Gasteiger partial charge on any atom is -0.462 e. The van der Waals surface area contributed by atoms with Crippen molar-refractivity contribution in [2.45, 2.75) is 6.92 Å². The van der Waals surface area contributed by atoms with Crippen LogP contribution in [0.1, 0.15) is 27.6 Å². The van der Waals surface area contributed by atoms with Crippen LogP contribution in [0.4, 0.5) is 11.4 Å². The topological polar surface area (TPSA) is 75.7 Å². The molecule has 2 amide bonds. The first-order chi connectivity index (χ1) is 13.6. The molecule has 0 unspecified atom stereocenters. The van der Waals surface area contributed by atoms with Crippen LogP contribution in [-0.2, 0) is 9.53 Å². The number of esters is 1. The van der Waals surface area contributed by atoms with Gasteiger partial charge in [-0.2, -0.15) is 0 Å². The highest BCUT2D eigenvalue weighted by atomic mass is 16.5. The van der Waals surface area contributed by atoms with Gasteiger partial charge in [-0.3, -0.25) is 14.5 Å². The fourth-order valence-electron chi connectivity index (χ4n) is 3.42. The van der Waals surface area contributed by atoms with Crippen LogP contribution in [0.15, 0.2) is 60.7 Å². The Balaban J connectivity index is 1.53. The molecule has 0 saturated carbocycles. The first-order valence-corrected chi connectivity index (χ1v) is 8.99. The van der Waals surface area contributed by atoms with E-state index in [2.05, 4.69) is 5.32 Å². The van der Waals surface area contributed by atoms with Crippen molar-refractivity contribution in [2.24, 2.45) is 0 Å². The quantitative estimate of drug-likeness (QED) is 0.692. The molecule has 1 aliphatic rings. The van der Waals surface area contributed by atoms with Crippen LogP contribution >= 0.6 is 0 Å². The first-order valence-electron chi connectivity index (χ1n) is 8.99. The van der Waals surface area contributed by atoms with Gasteiger partial charge < -0.3 is 10.1 Å². The summed E-state index contributed by atoms with van der Waals surface area (Å²) in [5.41, 5.74) is 2.16. The smallest absolute Gasteiger partial charge is 0.338 e. The molecule has 0 aliphatic carbocycles. The summed E-state index contributed by atoms with van der Waals surface area (Å²) in [7, 11) is 0. The molecule has 4 rings (SSSR count). The molecule has 6 heteroatoms. The Kier molecular flexibility index (Phi) is 4.53. The van der Waals surface area contributed by atoms with Gasteiger partial charge in [0.1, 0.15) is 6.54 Å². The predicted octanol–water partition coefficient (Wildman–Crippen LogP) is 3.62. The van der Waals surface area contributed by atoms with Gasteiger partial charge in [0.25, 0.3) is 5.91 Å². The van der Waals surface area contributed by atoms with Gasteiger partial charge >= 0.3 is 5.97 Å². The lowest BCUT2D eigenvalue weighted by atomic mass is 10.1. The summed E-state index contributed by atoms with van der Waals surface area (Å²) in [5.74, 6) is -0.989. The Morgan fingerprint density at radius 2 is 1.79 bits per heavy atom. The van der Waals surface area contributed by atoms with Crippen LogP contribution in [-0.4, -0.2) is 30.9 Å². The van der Waals surface area contributed by atoms with Gasteiger partial charge in [-0.05, 0) is 42.6 Å². The van der Waals surface area contributed by atoms with E-state index < -0.39 is 5.97 Å². The summed E-state index contributed by atoms with van der Waals surface area (Å²) in [6, 6.07) is 17.7. The fourth-order valence-corrected chi connectivity index (χ4v) is 3.42. The van der Waals surface area contributed by atoms with Gasteiger partial charge in [-0.15, -0.1) is 0 Å². The standard InChI is InChI=1S/C22H18N2O4/c1-2-28-22(27)15-8-3-9-16(12-15)23-19(25)13-24-18-11-5-7-14-6-4-10-17(20(14)18)21(24)26/h3-12H,2,13H2,1H3,(H,23,25). The Morgan fingerprint density at radius 3 is 2.57 bits per heavy atom. The zero-order valence-corrected chi connectivity index (χ0v) is 15.3. The zero-order chi connectivity index (χ0) is 19.7. The molecule has 0 fully saturated rings. The normalized spacial score (nSPS) is 12.3. The molecule has 6 nitrogen and oxygen atoms in total. The fraction of sp³-hybridized carbons (Fsp3) is 0.136. The molecule has 3 aromatic rings. The Morgan fingerprint density at radius 1 is 1.04 bits per heavy atom. The molecule has 0 radical (unpaired) electrons. The van der Waals surface area contributed by atoms with Crippen molar-refractivity contribution >= 4 is 39.9 Å². The monoisotopic (exact) mass is 374 g/mol. The third kappa shape index (κ3) is 3.09. The minimum absolute atomic E-state index is 0.115. The second-order valence-electron chi connectivity index (χ2n) is 6.42. The molecular weight excluding hydrogens is 356 g/mol. The molecule has 1 N–H and O–H groups in total. The molecule has 140 valence electrons. The van der Waals surface area contributed by atoms with E-state index >= 15 is 0 Å². The van der Waals surface area contributed by atoms with Crippen molar-refractivity contribution < 1.29 is 19.1 Å². The van der Waals surface area contributed by atoms with Gasteiger partial charge in [0, 0.05) is 16.6 Å². The van der Waals surface area contributed by atoms with Crippen LogP contribution in [0, 0.1) is 0 Å². The molecule has 0 bridgehead atoms. The molecule has 0 aromatic heterocycles. The van der Waals surface area contributed by atoms with Crippen molar-refractivity contribution in [3.05, 3.63) is 71.8 Å². The van der Waals surface area contributed by atoms with Gasteiger partial charge in [0.15, 0.2) is 0 Å². The maximum Gasteiger partial charge on any atom is 0.338 e. The molecule has 1 aliphatic heterocycles. The van der Waals surface area contributed by atoms with E-state index in [4.69, 9.17) is 4.74 Å². The van der Waals surface area contributed by atoms with Crippen LogP contribution in [0.25, 0.3) is 10.8 Å². The third-order valence-electron chi connectivity index (χ3n) is 4.61. The van der Waals surface area contributed by atoms with Crippen LogP contribution in [0.2, 0.25) is 0 Å². The molecule has 28 heavy (non-hydrogen) atoms. The number of carbonyl (C=O) groups is 3. The summed E-state index contributed by atoms with van der Waals surface area (Å²) in [4.78, 5) is 38.7. The van der Waals surface area contributed by atoms with Crippen LogP contribution in [0.3, 0.4) is 0 Å². The van der Waals surface area contributed by atoms with Gasteiger partial charge in [-0.1, -0.05) is 30.3 Å². The number of hydrogen-bond acceptors (Lipinski definition) is 4. The summed E-state index contributed by atoms with van der Waals surface area (Å²) in [5, 5.41) is 4.58. The third-order valence-corrected chi connectivity index (χ3v) is 4.61. The number of benzene rings is 3. The Hall–Kier alpha value is -3.67. The van der Waals surface area contributed by atoms with Crippen LogP contribution < -0.4 is 10.2 Å². The number of rotatable bonds is 5. The largest absolute Gasteiger partial charge is 0.462 e. The summed E-state index contributed by atoms with van der Waals surface area (Å²) in [6.07, 6.45) is 0. The number of amides is 2. The van der Waals surface area contributed by atoms with Crippen molar-refractivity contribution in [2.75, 3.05) is 23.4 Å². The molecule has 1 heterocycles. The van der Waals surface area contributed by atoms with E-state index in [0.29, 0.717) is 16.8 Å². The van der Waals surface area contributed by atoms with Gasteiger partial charge in [-0.25, -0.2) is 4.79 Å². The molecule has 0 atom stereocenters. The van der Waals surface area contributed by atoms with Crippen molar-refractivity contribution in [3.63, 3.8) is 0 Å². The SMILES string of the molecule is CCOC(=O)c1cccc(NC(=O)CN2C(=O)c3cccc4cccc2c34)c1. The lowest BCUT2D eigenvalue weighted by Gasteiger charge is -2.17. The van der Waals surface area contributed by atoms with Crippen molar-refractivity contribution in [3.8, 4) is 0 Å². The molecule has 0 saturated heterocycles. The number of ether oxygens (including phenoxy) is 1. The van der Waals surface area contributed by atoms with E-state index in [1.807, 2.05) is 30.3 Å². The van der Waals surface area contributed by atoms with Gasteiger partial charge in [0.2, 0.25) is 5.91 Å². The van der Waals surface area contributed by atoms with E-state index in [1.165, 1.54) is 4.90 Å². The summed E-state index contributed by atoms with van der Waals surface area (Å²) < 4.78 is 4.97. The predicted molar refractivity (Wildman–Crippen MR) is 107 cm³/mol. The lowest BCUT2D eigenvalue weighted by molar-refractivity contribution is -0.114. The Labute approximate surface area is 161 Å². The first kappa shape index (κ1) is 17.7. The summed E-state index contributed by atoms with van der Waals surface area (Å²) in [6.45, 7) is 1.89. The minimum atomic E-state index is -0.449. The van der Waals surface area contributed by atoms with E-state index in [1.54, 1.807) is 37.3 Å². The molecular formula is C22H18N2O4. The highest BCUT2D eigenvalue weighted by Gasteiger charge is 2.30. The van der Waals surface area contributed by atoms with E-state index in [0.717, 1.165) is 16.5 Å². The highest BCUT2D eigenvalue weighted by molar-refractivity contribution is 6.26. The maximum absolute atomic E-state index is 12.8. The zero-order valence-electron chi connectivity index (χ0n) is 15.3. The molecule has 0 spiro atoms. The second-order valence-corrected chi connectivity index (χ2v) is 6.42. The van der Waals surface area contributed by atoms with E-state index in [-0.39, 0.29) is 25.0 Å². The van der Waals surface area contributed by atoms with Crippen LogP contribution in [0.5, 0.6) is 0 Å². The Bertz CT molecular complexity index is 1100. The number of nitrogens with zero attached hydrogens (tertiary/aromatic N) is 1. The average Bonchev–Trinajstić information content (AvgIpc) is 2.96. The average molecular weight is 374 g/mol. The van der Waals surface area contributed by atoms with Gasteiger partial charge in [0.05, 0.1) is 17.9 Å². The summed E-state index contributed by atoms with van der Waals surface area (Å²) >= 11 is 0. The number of hydrogen-bond donors (Lipinski definition) is 1. The maximum atomic E-state index is 12.8. The van der Waals surface area contributed by atoms with Crippen molar-refractivity contribution in [1.82, 2.24) is 0 Å². The molecule has 3 aromatic carbocycles.